The lowest BCUT2D eigenvalue weighted by atomic mass is 10.0. The van der Waals surface area contributed by atoms with Crippen LogP contribution in [0.1, 0.15) is 11.1 Å². The van der Waals surface area contributed by atoms with Crippen LogP contribution in [0.15, 0.2) is 231 Å². The lowest BCUT2D eigenvalue weighted by Crippen LogP contribution is -2.04. The number of hydrogen-bond donors (Lipinski definition) is 0. The molecule has 12 rings (SSSR count). The van der Waals surface area contributed by atoms with Crippen molar-refractivity contribution in [3.8, 4) is 96.0 Å². The fraction of sp³-hybridized carbons (Fsp3) is 0.0317. The topological polar surface area (TPSA) is 69.4 Å². The summed E-state index contributed by atoms with van der Waals surface area (Å²) in [6, 6.07) is 80.6. The van der Waals surface area contributed by atoms with Crippen molar-refractivity contribution in [1.29, 1.82) is 0 Å². The summed E-state index contributed by atoms with van der Waals surface area (Å²) in [5.74, 6) is 2.35. The second kappa shape index (κ2) is 17.6. The molecule has 0 fully saturated rings. The summed E-state index contributed by atoms with van der Waals surface area (Å²) in [4.78, 5) is 26.3. The minimum absolute atomic E-state index is 0.542. The van der Waals surface area contributed by atoms with Crippen molar-refractivity contribution >= 4 is 21.8 Å². The van der Waals surface area contributed by atoms with Crippen LogP contribution in [0, 0.1) is 13.8 Å². The molecule has 0 atom stereocenters. The molecule has 3 aromatic heterocycles. The third kappa shape index (κ3) is 8.04. The van der Waals surface area contributed by atoms with Crippen molar-refractivity contribution in [3.63, 3.8) is 0 Å². The highest BCUT2D eigenvalue weighted by Crippen LogP contribution is 2.41. The molecule has 0 N–H and O–H groups in total. The fourth-order valence-corrected chi connectivity index (χ4v) is 9.35. The van der Waals surface area contributed by atoms with Crippen molar-refractivity contribution in [2.24, 2.45) is 0 Å². The second-order valence-electron chi connectivity index (χ2n) is 17.5. The van der Waals surface area contributed by atoms with Gasteiger partial charge < -0.3 is 4.57 Å². The molecule has 326 valence electrons. The Morgan fingerprint density at radius 2 is 0.667 bits per heavy atom. The molecule has 9 aromatic carbocycles. The second-order valence-corrected chi connectivity index (χ2v) is 17.5. The number of aromatic nitrogens is 6. The van der Waals surface area contributed by atoms with Gasteiger partial charge in [-0.2, -0.15) is 0 Å². The van der Waals surface area contributed by atoms with E-state index in [1.165, 1.54) is 11.1 Å². The van der Waals surface area contributed by atoms with Gasteiger partial charge in [0.05, 0.1) is 28.1 Å². The van der Waals surface area contributed by atoms with Gasteiger partial charge in [0.1, 0.15) is 0 Å². The summed E-state index contributed by atoms with van der Waals surface area (Å²) in [6.07, 6.45) is 0. The molecule has 0 saturated carbocycles. The molecule has 69 heavy (non-hydrogen) atoms. The summed E-state index contributed by atoms with van der Waals surface area (Å²) >= 11 is 0. The average molecular weight is 885 g/mol. The third-order valence-corrected chi connectivity index (χ3v) is 12.8. The molecular weight excluding hydrogens is 841 g/mol. The summed E-state index contributed by atoms with van der Waals surface area (Å²) in [5, 5.41) is 2.29. The van der Waals surface area contributed by atoms with Crippen LogP contribution in [0.5, 0.6) is 0 Å². The van der Waals surface area contributed by atoms with E-state index in [-0.39, 0.29) is 0 Å². The number of hydrogen-bond acceptors (Lipinski definition) is 5. The summed E-state index contributed by atoms with van der Waals surface area (Å²) in [7, 11) is 0. The van der Waals surface area contributed by atoms with Gasteiger partial charge in [-0.05, 0) is 66.4 Å². The van der Waals surface area contributed by atoms with Crippen LogP contribution in [0.2, 0.25) is 0 Å². The Morgan fingerprint density at radius 1 is 0.275 bits per heavy atom. The Balaban J connectivity index is 1.18. The quantitative estimate of drug-likeness (QED) is 0.144. The predicted molar refractivity (Wildman–Crippen MR) is 283 cm³/mol. The number of rotatable bonds is 9. The molecule has 0 saturated heterocycles. The fourth-order valence-electron chi connectivity index (χ4n) is 9.35. The molecular formula is C63H44N6. The first-order valence-electron chi connectivity index (χ1n) is 23.2. The number of aryl methyl sites for hydroxylation is 2. The van der Waals surface area contributed by atoms with E-state index in [0.29, 0.717) is 23.3 Å². The van der Waals surface area contributed by atoms with E-state index >= 15 is 0 Å². The Kier molecular flexibility index (Phi) is 10.5. The first-order valence-corrected chi connectivity index (χ1v) is 23.2. The van der Waals surface area contributed by atoms with Gasteiger partial charge in [0.25, 0.3) is 0 Å². The van der Waals surface area contributed by atoms with Crippen LogP contribution in [0.3, 0.4) is 0 Å². The first kappa shape index (κ1) is 41.3. The zero-order chi connectivity index (χ0) is 46.3. The predicted octanol–water partition coefficient (Wildman–Crippen LogP) is 15.7. The maximum Gasteiger partial charge on any atom is 0.166 e. The molecule has 0 radical (unpaired) electrons. The normalized spacial score (nSPS) is 11.3. The van der Waals surface area contributed by atoms with Gasteiger partial charge in [-0.15, -0.1) is 0 Å². The average Bonchev–Trinajstić information content (AvgIpc) is 3.74. The van der Waals surface area contributed by atoms with E-state index in [4.69, 9.17) is 24.9 Å². The molecule has 6 nitrogen and oxygen atoms in total. The van der Waals surface area contributed by atoms with E-state index in [9.17, 15) is 0 Å². The van der Waals surface area contributed by atoms with Gasteiger partial charge in [-0.3, -0.25) is 0 Å². The lowest BCUT2D eigenvalue weighted by molar-refractivity contribution is 1.06. The van der Waals surface area contributed by atoms with Crippen LogP contribution in [-0.4, -0.2) is 29.5 Å². The zero-order valence-corrected chi connectivity index (χ0v) is 38.1. The van der Waals surface area contributed by atoms with E-state index in [1.54, 1.807) is 0 Å². The molecule has 12 aromatic rings. The molecule has 0 unspecified atom stereocenters. The Labute approximate surface area is 401 Å². The molecule has 0 amide bonds. The van der Waals surface area contributed by atoms with Crippen molar-refractivity contribution in [2.75, 3.05) is 0 Å². The smallest absolute Gasteiger partial charge is 0.166 e. The Morgan fingerprint density at radius 3 is 1.14 bits per heavy atom. The highest BCUT2D eigenvalue weighted by molar-refractivity contribution is 6.11. The zero-order valence-electron chi connectivity index (χ0n) is 38.1. The summed E-state index contributed by atoms with van der Waals surface area (Å²) < 4.78 is 2.40. The van der Waals surface area contributed by atoms with Crippen molar-refractivity contribution in [2.45, 2.75) is 13.8 Å². The summed E-state index contributed by atoms with van der Waals surface area (Å²) in [5.41, 5.74) is 17.1. The monoisotopic (exact) mass is 884 g/mol. The summed E-state index contributed by atoms with van der Waals surface area (Å²) in [6.45, 7) is 4.29. The highest BCUT2D eigenvalue weighted by Gasteiger charge is 2.22. The molecule has 0 aliphatic rings. The molecule has 0 aliphatic heterocycles. The van der Waals surface area contributed by atoms with E-state index < -0.39 is 0 Å². The maximum atomic E-state index is 5.38. The number of nitrogens with zero attached hydrogens (tertiary/aromatic N) is 6. The molecule has 0 aliphatic carbocycles. The van der Waals surface area contributed by atoms with Gasteiger partial charge in [-0.25, -0.2) is 24.9 Å². The van der Waals surface area contributed by atoms with Crippen molar-refractivity contribution in [1.82, 2.24) is 29.5 Å². The van der Waals surface area contributed by atoms with E-state index in [1.807, 2.05) is 72.8 Å². The lowest BCUT2D eigenvalue weighted by Gasteiger charge is -2.17. The molecule has 0 bridgehead atoms. The van der Waals surface area contributed by atoms with Gasteiger partial charge in [0.2, 0.25) is 0 Å². The minimum Gasteiger partial charge on any atom is -0.308 e. The molecule has 0 spiro atoms. The van der Waals surface area contributed by atoms with E-state index in [0.717, 1.165) is 94.5 Å². The molecule has 3 heterocycles. The largest absolute Gasteiger partial charge is 0.308 e. The van der Waals surface area contributed by atoms with Gasteiger partial charge >= 0.3 is 0 Å². The SMILES string of the molecule is Cc1cccc(-c2ccc3c4ccc(-c5cccc(C)c5)cc4n(-c4ccc(-c5cc(-c6ccccc6)nc(-c6ccccc6)n5)cc4-c4nc(-c5ccccc5)nc(-c5ccccc5)n4)c3c2)c1. The highest BCUT2D eigenvalue weighted by atomic mass is 15.1. The van der Waals surface area contributed by atoms with Crippen molar-refractivity contribution < 1.29 is 0 Å². The maximum absolute atomic E-state index is 5.38. The van der Waals surface area contributed by atoms with Crippen LogP contribution >= 0.6 is 0 Å². The van der Waals surface area contributed by atoms with Crippen LogP contribution in [0.25, 0.3) is 118 Å². The minimum atomic E-state index is 0.542. The van der Waals surface area contributed by atoms with Crippen molar-refractivity contribution in [3.05, 3.63) is 242 Å². The van der Waals surface area contributed by atoms with Gasteiger partial charge in [0, 0.05) is 44.2 Å². The number of benzene rings is 9. The number of fused-ring (bicyclic) bond motifs is 3. The Hall–Kier alpha value is -9.13. The van der Waals surface area contributed by atoms with Crippen LogP contribution in [0.4, 0.5) is 0 Å². The Bertz CT molecular complexity index is 3630. The van der Waals surface area contributed by atoms with E-state index in [2.05, 4.69) is 176 Å². The van der Waals surface area contributed by atoms with Gasteiger partial charge in [-0.1, -0.05) is 211 Å². The van der Waals surface area contributed by atoms with Crippen LogP contribution in [-0.2, 0) is 0 Å². The van der Waals surface area contributed by atoms with Gasteiger partial charge in [0.15, 0.2) is 23.3 Å². The first-order chi connectivity index (χ1) is 34.0. The molecule has 6 heteroatoms. The standard InChI is InChI=1S/C63H44N6/c1-41-17-15-27-47(35-41)49-29-32-52-53-33-30-50(48-28-16-18-42(2)36-48)39-59(53)69(58(52)38-49)57-34-31-51(56-40-55(43-19-7-3-8-20-43)64-60(65-56)44-21-9-4-10-22-44)37-54(57)63-67-61(45-23-11-5-12-24-45)66-62(68-63)46-25-13-6-14-26-46/h3-40H,1-2H3. The van der Waals surface area contributed by atoms with Crippen LogP contribution < -0.4 is 0 Å². The third-order valence-electron chi connectivity index (χ3n) is 12.8.